The van der Waals surface area contributed by atoms with Gasteiger partial charge in [0.2, 0.25) is 0 Å². The molecule has 1 fully saturated rings. The van der Waals surface area contributed by atoms with Gasteiger partial charge in [0.05, 0.1) is 12.5 Å². The van der Waals surface area contributed by atoms with Gasteiger partial charge in [-0.05, 0) is 26.2 Å². The summed E-state index contributed by atoms with van der Waals surface area (Å²) in [6.07, 6.45) is 2.41. The second-order valence-corrected chi connectivity index (χ2v) is 4.65. The second kappa shape index (κ2) is 6.24. The summed E-state index contributed by atoms with van der Waals surface area (Å²) in [6, 6.07) is 0.768. The van der Waals surface area contributed by atoms with Crippen LogP contribution >= 0.6 is 0 Å². The zero-order valence-electron chi connectivity index (χ0n) is 10.8. The number of hydrogen-bond acceptors (Lipinski definition) is 3. The topological polar surface area (TPSA) is 84.6 Å². The Kier molecular flexibility index (Phi) is 4.95. The highest BCUT2D eigenvalue weighted by Gasteiger charge is 2.34. The van der Waals surface area contributed by atoms with Crippen molar-refractivity contribution >= 4 is 12.0 Å². The second-order valence-electron chi connectivity index (χ2n) is 4.65. The number of carbonyl (C=O) groups excluding carboxylic acids is 1. The Morgan fingerprint density at radius 2 is 2.22 bits per heavy atom. The van der Waals surface area contributed by atoms with Crippen molar-refractivity contribution in [3.63, 3.8) is 0 Å². The van der Waals surface area contributed by atoms with E-state index in [9.17, 15) is 9.59 Å². The first-order valence-electron chi connectivity index (χ1n) is 6.12. The van der Waals surface area contributed by atoms with Crippen molar-refractivity contribution in [2.24, 2.45) is 0 Å². The van der Waals surface area contributed by atoms with Gasteiger partial charge >= 0.3 is 12.0 Å². The summed E-state index contributed by atoms with van der Waals surface area (Å²) in [4.78, 5) is 26.2. The van der Waals surface area contributed by atoms with Crippen LogP contribution in [0.3, 0.4) is 0 Å². The van der Waals surface area contributed by atoms with E-state index in [1.54, 1.807) is 14.0 Å². The number of carbonyl (C=O) groups is 2. The highest BCUT2D eigenvalue weighted by atomic mass is 16.4. The first-order valence-corrected chi connectivity index (χ1v) is 6.12. The van der Waals surface area contributed by atoms with E-state index in [1.165, 1.54) is 9.80 Å². The van der Waals surface area contributed by atoms with Crippen LogP contribution in [0.25, 0.3) is 0 Å². The summed E-state index contributed by atoms with van der Waals surface area (Å²) in [5.74, 6) is -0.954. The van der Waals surface area contributed by atoms with Crippen LogP contribution in [0, 0.1) is 11.3 Å². The maximum atomic E-state index is 12.2. The zero-order valence-corrected chi connectivity index (χ0v) is 10.8. The molecular weight excluding hydrogens is 234 g/mol. The van der Waals surface area contributed by atoms with E-state index in [0.29, 0.717) is 13.0 Å². The fourth-order valence-corrected chi connectivity index (χ4v) is 2.08. The molecule has 0 bridgehead atoms. The molecule has 18 heavy (non-hydrogen) atoms. The smallest absolute Gasteiger partial charge is 0.326 e. The molecule has 1 saturated heterocycles. The number of piperidine rings is 1. The summed E-state index contributed by atoms with van der Waals surface area (Å²) in [5, 5.41) is 17.7. The Bertz CT molecular complexity index is 364. The van der Waals surface area contributed by atoms with E-state index < -0.39 is 12.0 Å². The molecule has 1 heterocycles. The first kappa shape index (κ1) is 14.3. The van der Waals surface area contributed by atoms with Crippen molar-refractivity contribution in [2.75, 3.05) is 13.6 Å². The van der Waals surface area contributed by atoms with Crippen LogP contribution in [0.15, 0.2) is 0 Å². The molecule has 1 rings (SSSR count). The number of nitrogens with zero attached hydrogens (tertiary/aromatic N) is 3. The predicted octanol–water partition coefficient (Wildman–Crippen LogP) is 1.28. The molecule has 100 valence electrons. The van der Waals surface area contributed by atoms with E-state index in [0.717, 1.165) is 12.8 Å². The molecule has 1 N–H and O–H groups in total. The molecule has 0 aromatic rings. The number of hydrogen-bond donors (Lipinski definition) is 1. The maximum Gasteiger partial charge on any atom is 0.326 e. The van der Waals surface area contributed by atoms with Crippen LogP contribution in [-0.4, -0.2) is 52.6 Å². The molecule has 0 saturated carbocycles. The number of nitriles is 1. The fraction of sp³-hybridized carbons (Fsp3) is 0.750. The zero-order chi connectivity index (χ0) is 13.7. The molecule has 2 unspecified atom stereocenters. The number of carboxylic acids is 1. The molecule has 2 atom stereocenters. The van der Waals surface area contributed by atoms with Crippen molar-refractivity contribution < 1.29 is 14.7 Å². The lowest BCUT2D eigenvalue weighted by Crippen LogP contribution is -2.53. The summed E-state index contributed by atoms with van der Waals surface area (Å²) in [5.41, 5.74) is 0. The van der Waals surface area contributed by atoms with E-state index in [4.69, 9.17) is 10.4 Å². The van der Waals surface area contributed by atoms with Crippen LogP contribution in [-0.2, 0) is 4.79 Å². The van der Waals surface area contributed by atoms with Crippen molar-refractivity contribution in [3.8, 4) is 6.07 Å². The third kappa shape index (κ3) is 3.13. The Morgan fingerprint density at radius 1 is 1.56 bits per heavy atom. The summed E-state index contributed by atoms with van der Waals surface area (Å²) in [6.45, 7) is 2.25. The molecule has 0 aromatic heterocycles. The molecule has 0 aromatic carbocycles. The average molecular weight is 253 g/mol. The highest BCUT2D eigenvalue weighted by molar-refractivity contribution is 5.83. The maximum absolute atomic E-state index is 12.2. The van der Waals surface area contributed by atoms with Gasteiger partial charge in [0.1, 0.15) is 6.04 Å². The Labute approximate surface area is 107 Å². The van der Waals surface area contributed by atoms with E-state index >= 15 is 0 Å². The van der Waals surface area contributed by atoms with Crippen molar-refractivity contribution in [1.82, 2.24) is 9.80 Å². The number of rotatable bonds is 3. The standard InChI is InChI=1S/C12H19N3O3/c1-9(6-7-13)14(2)12(18)15-8-4-3-5-10(15)11(16)17/h9-10H,3-6,8H2,1-2H3,(H,16,17). The van der Waals surface area contributed by atoms with Crippen LogP contribution in [0.2, 0.25) is 0 Å². The highest BCUT2D eigenvalue weighted by Crippen LogP contribution is 2.19. The lowest BCUT2D eigenvalue weighted by atomic mass is 10.0. The number of likely N-dealkylation sites (tertiary alicyclic amines) is 1. The SMILES string of the molecule is CC(CC#N)N(C)C(=O)N1CCCCC1C(=O)O. The quantitative estimate of drug-likeness (QED) is 0.821. The largest absolute Gasteiger partial charge is 0.480 e. The minimum atomic E-state index is -0.954. The number of urea groups is 1. The Morgan fingerprint density at radius 3 is 2.78 bits per heavy atom. The molecule has 0 spiro atoms. The molecule has 6 nitrogen and oxygen atoms in total. The monoisotopic (exact) mass is 253 g/mol. The van der Waals surface area contributed by atoms with Crippen LogP contribution in [0.1, 0.15) is 32.6 Å². The van der Waals surface area contributed by atoms with Crippen LogP contribution in [0.5, 0.6) is 0 Å². The molecule has 0 radical (unpaired) electrons. The Hall–Kier alpha value is -1.77. The number of aliphatic carboxylic acids is 1. The molecule has 0 aliphatic carbocycles. The van der Waals surface area contributed by atoms with E-state index in [-0.39, 0.29) is 18.5 Å². The van der Waals surface area contributed by atoms with E-state index in [1.807, 2.05) is 6.07 Å². The molecule has 2 amide bonds. The number of amides is 2. The van der Waals surface area contributed by atoms with Gasteiger partial charge in [0.25, 0.3) is 0 Å². The lowest BCUT2D eigenvalue weighted by Gasteiger charge is -2.37. The van der Waals surface area contributed by atoms with Gasteiger partial charge in [-0.2, -0.15) is 5.26 Å². The van der Waals surface area contributed by atoms with Crippen LogP contribution in [0.4, 0.5) is 4.79 Å². The van der Waals surface area contributed by atoms with Crippen molar-refractivity contribution in [1.29, 1.82) is 5.26 Å². The van der Waals surface area contributed by atoms with Crippen molar-refractivity contribution in [3.05, 3.63) is 0 Å². The summed E-state index contributed by atoms with van der Waals surface area (Å²) < 4.78 is 0. The third-order valence-electron chi connectivity index (χ3n) is 3.38. The summed E-state index contributed by atoms with van der Waals surface area (Å²) >= 11 is 0. The lowest BCUT2D eigenvalue weighted by molar-refractivity contribution is -0.143. The molecular formula is C12H19N3O3. The van der Waals surface area contributed by atoms with Gasteiger partial charge < -0.3 is 14.9 Å². The van der Waals surface area contributed by atoms with Gasteiger partial charge in [-0.15, -0.1) is 0 Å². The fourth-order valence-electron chi connectivity index (χ4n) is 2.08. The van der Waals surface area contributed by atoms with Gasteiger partial charge in [-0.3, -0.25) is 0 Å². The molecule has 1 aliphatic heterocycles. The predicted molar refractivity (Wildman–Crippen MR) is 64.8 cm³/mol. The van der Waals surface area contributed by atoms with Gasteiger partial charge in [0.15, 0.2) is 0 Å². The van der Waals surface area contributed by atoms with Crippen molar-refractivity contribution in [2.45, 2.75) is 44.7 Å². The van der Waals surface area contributed by atoms with Gasteiger partial charge in [0, 0.05) is 19.6 Å². The first-order chi connectivity index (χ1) is 8.49. The van der Waals surface area contributed by atoms with Crippen LogP contribution < -0.4 is 0 Å². The average Bonchev–Trinajstić information content (AvgIpc) is 2.37. The third-order valence-corrected chi connectivity index (χ3v) is 3.38. The van der Waals surface area contributed by atoms with Gasteiger partial charge in [-0.1, -0.05) is 0 Å². The normalized spacial score (nSPS) is 20.9. The summed E-state index contributed by atoms with van der Waals surface area (Å²) in [7, 11) is 1.61. The van der Waals surface area contributed by atoms with Gasteiger partial charge in [-0.25, -0.2) is 9.59 Å². The minimum absolute atomic E-state index is 0.209. The number of carboxylic acid groups (broad SMARTS) is 1. The Balaban J connectivity index is 2.74. The molecule has 6 heteroatoms. The minimum Gasteiger partial charge on any atom is -0.480 e. The van der Waals surface area contributed by atoms with E-state index in [2.05, 4.69) is 0 Å². The molecule has 1 aliphatic rings.